The second-order valence-corrected chi connectivity index (χ2v) is 11.0. The third-order valence-corrected chi connectivity index (χ3v) is 8.21. The summed E-state index contributed by atoms with van der Waals surface area (Å²) in [6, 6.07) is 16.2. The number of aryl methyl sites for hydroxylation is 1. The van der Waals surface area contributed by atoms with E-state index in [-0.39, 0.29) is 11.5 Å². The highest BCUT2D eigenvalue weighted by Crippen LogP contribution is 2.30. The minimum atomic E-state index is -0.0379. The predicted octanol–water partition coefficient (Wildman–Crippen LogP) is 4.18. The number of likely N-dealkylation sites (tertiary alicyclic amines) is 1. The molecule has 2 fully saturated rings. The third kappa shape index (κ3) is 5.76. The molecule has 1 aromatic heterocycles. The molecule has 190 valence electrons. The van der Waals surface area contributed by atoms with Gasteiger partial charge in [0.25, 0.3) is 5.56 Å². The molecule has 2 aliphatic heterocycles. The smallest absolute Gasteiger partial charge is 0.274 e. The summed E-state index contributed by atoms with van der Waals surface area (Å²) in [4.78, 5) is 29.4. The van der Waals surface area contributed by atoms with Crippen molar-refractivity contribution in [3.63, 3.8) is 0 Å². The molecular weight excluding hydrogens is 470 g/mol. The molecule has 36 heavy (non-hydrogen) atoms. The molecule has 8 heteroatoms. The van der Waals surface area contributed by atoms with Gasteiger partial charge in [0.15, 0.2) is 5.82 Å². The van der Waals surface area contributed by atoms with Crippen LogP contribution in [-0.4, -0.2) is 64.8 Å². The molecule has 3 aromatic rings. The lowest BCUT2D eigenvalue weighted by Crippen LogP contribution is -2.36. The van der Waals surface area contributed by atoms with Gasteiger partial charge in [-0.25, -0.2) is 4.68 Å². The SMILES string of the molecule is CC(=O)Nc1cccc(C2CCN(CCCn3nc(N4CCSCC4)c4ccccc4c3=O)CC2)c1. The van der Waals surface area contributed by atoms with Gasteiger partial charge < -0.3 is 15.1 Å². The molecule has 2 aromatic carbocycles. The fourth-order valence-corrected chi connectivity index (χ4v) is 6.29. The van der Waals surface area contributed by atoms with Gasteiger partial charge in [0, 0.05) is 49.1 Å². The number of hydrogen-bond acceptors (Lipinski definition) is 6. The van der Waals surface area contributed by atoms with E-state index in [0.29, 0.717) is 12.5 Å². The van der Waals surface area contributed by atoms with Gasteiger partial charge in [-0.05, 0) is 68.6 Å². The first-order chi connectivity index (χ1) is 17.6. The van der Waals surface area contributed by atoms with Gasteiger partial charge in [0.05, 0.1) is 5.39 Å². The first-order valence-electron chi connectivity index (χ1n) is 13.0. The van der Waals surface area contributed by atoms with Crippen molar-refractivity contribution in [3.05, 3.63) is 64.4 Å². The van der Waals surface area contributed by atoms with Gasteiger partial charge in [0.1, 0.15) is 0 Å². The van der Waals surface area contributed by atoms with E-state index < -0.39 is 0 Å². The number of amides is 1. The Labute approximate surface area is 216 Å². The summed E-state index contributed by atoms with van der Waals surface area (Å²) in [5.74, 6) is 3.63. The van der Waals surface area contributed by atoms with Gasteiger partial charge in [0.2, 0.25) is 5.91 Å². The van der Waals surface area contributed by atoms with Gasteiger partial charge in [-0.2, -0.15) is 16.9 Å². The Morgan fingerprint density at radius 3 is 2.50 bits per heavy atom. The lowest BCUT2D eigenvalue weighted by atomic mass is 9.89. The summed E-state index contributed by atoms with van der Waals surface area (Å²) >= 11 is 1.98. The largest absolute Gasteiger partial charge is 0.353 e. The summed E-state index contributed by atoms with van der Waals surface area (Å²) in [5, 5.41) is 9.48. The average Bonchev–Trinajstić information content (AvgIpc) is 2.91. The van der Waals surface area contributed by atoms with Crippen LogP contribution in [0, 0.1) is 0 Å². The molecule has 7 nitrogen and oxygen atoms in total. The summed E-state index contributed by atoms with van der Waals surface area (Å²) in [6.07, 6.45) is 3.12. The molecule has 0 saturated carbocycles. The van der Waals surface area contributed by atoms with E-state index in [4.69, 9.17) is 5.10 Å². The number of aromatic nitrogens is 2. The van der Waals surface area contributed by atoms with Crippen LogP contribution >= 0.6 is 11.8 Å². The Hall–Kier alpha value is -2.84. The molecule has 0 atom stereocenters. The van der Waals surface area contributed by atoms with E-state index in [9.17, 15) is 9.59 Å². The fourth-order valence-electron chi connectivity index (χ4n) is 5.39. The lowest BCUT2D eigenvalue weighted by Gasteiger charge is -2.32. The minimum Gasteiger partial charge on any atom is -0.353 e. The first-order valence-corrected chi connectivity index (χ1v) is 14.2. The van der Waals surface area contributed by atoms with Crippen LogP contribution in [0.3, 0.4) is 0 Å². The molecule has 1 N–H and O–H groups in total. The van der Waals surface area contributed by atoms with E-state index >= 15 is 0 Å². The van der Waals surface area contributed by atoms with Crippen molar-refractivity contribution < 1.29 is 4.79 Å². The van der Waals surface area contributed by atoms with Crippen molar-refractivity contribution in [2.45, 2.75) is 38.6 Å². The second kappa shape index (κ2) is 11.5. The number of nitrogens with zero attached hydrogens (tertiary/aromatic N) is 4. The topological polar surface area (TPSA) is 70.5 Å². The Balaban J connectivity index is 1.20. The van der Waals surface area contributed by atoms with Crippen molar-refractivity contribution in [1.29, 1.82) is 0 Å². The maximum absolute atomic E-state index is 13.2. The molecule has 0 spiro atoms. The maximum Gasteiger partial charge on any atom is 0.274 e. The summed E-state index contributed by atoms with van der Waals surface area (Å²) in [7, 11) is 0. The van der Waals surface area contributed by atoms with Crippen LogP contribution in [0.2, 0.25) is 0 Å². The number of benzene rings is 2. The Kier molecular flexibility index (Phi) is 7.92. The molecule has 0 radical (unpaired) electrons. The second-order valence-electron chi connectivity index (χ2n) is 9.77. The normalized spacial score (nSPS) is 17.4. The van der Waals surface area contributed by atoms with E-state index in [2.05, 4.69) is 27.2 Å². The number of nitrogens with one attached hydrogen (secondary N) is 1. The van der Waals surface area contributed by atoms with Crippen molar-refractivity contribution in [3.8, 4) is 0 Å². The molecule has 2 saturated heterocycles. The number of rotatable bonds is 7. The molecular formula is C28H35N5O2S. The summed E-state index contributed by atoms with van der Waals surface area (Å²) in [6.45, 7) is 7.19. The number of anilines is 2. The van der Waals surface area contributed by atoms with Crippen LogP contribution in [0.4, 0.5) is 11.5 Å². The summed E-state index contributed by atoms with van der Waals surface area (Å²) in [5.41, 5.74) is 2.19. The van der Waals surface area contributed by atoms with Crippen LogP contribution in [0.1, 0.15) is 37.7 Å². The summed E-state index contributed by atoms with van der Waals surface area (Å²) < 4.78 is 1.69. The number of thioether (sulfide) groups is 1. The number of carbonyl (C=O) groups excluding carboxylic acids is 1. The van der Waals surface area contributed by atoms with E-state index in [1.165, 1.54) is 5.56 Å². The average molecular weight is 506 g/mol. The molecule has 2 aliphatic rings. The van der Waals surface area contributed by atoms with Crippen LogP contribution in [0.5, 0.6) is 0 Å². The first kappa shape index (κ1) is 24.8. The standard InChI is InChI=1S/C28H35N5O2S/c1-21(34)29-24-7-4-6-23(20-24)22-10-14-31(15-11-22)12-5-13-33-28(35)26-9-3-2-8-25(26)27(30-33)32-16-18-36-19-17-32/h2-4,6-9,20,22H,5,10-19H2,1H3,(H,29,34). The van der Waals surface area contributed by atoms with Gasteiger partial charge >= 0.3 is 0 Å². The molecule has 0 aliphatic carbocycles. The van der Waals surface area contributed by atoms with Crippen molar-refractivity contribution >= 4 is 39.9 Å². The van der Waals surface area contributed by atoms with E-state index in [1.807, 2.05) is 48.2 Å². The van der Waals surface area contributed by atoms with Gasteiger partial charge in [-0.3, -0.25) is 9.59 Å². The van der Waals surface area contributed by atoms with Crippen LogP contribution in [0.25, 0.3) is 10.8 Å². The monoisotopic (exact) mass is 505 g/mol. The lowest BCUT2D eigenvalue weighted by molar-refractivity contribution is -0.114. The van der Waals surface area contributed by atoms with Crippen molar-refractivity contribution in [1.82, 2.24) is 14.7 Å². The zero-order chi connectivity index (χ0) is 24.9. The zero-order valence-corrected chi connectivity index (χ0v) is 21.8. The number of hydrogen-bond donors (Lipinski definition) is 1. The fraction of sp³-hybridized carbons (Fsp3) is 0.464. The predicted molar refractivity (Wildman–Crippen MR) is 149 cm³/mol. The highest BCUT2D eigenvalue weighted by molar-refractivity contribution is 7.99. The van der Waals surface area contributed by atoms with E-state index in [1.54, 1.807) is 11.6 Å². The zero-order valence-electron chi connectivity index (χ0n) is 21.0. The number of fused-ring (bicyclic) bond motifs is 1. The van der Waals surface area contributed by atoms with E-state index in [0.717, 1.165) is 85.8 Å². The Morgan fingerprint density at radius 2 is 1.75 bits per heavy atom. The van der Waals surface area contributed by atoms with Crippen LogP contribution in [-0.2, 0) is 11.3 Å². The van der Waals surface area contributed by atoms with Crippen molar-refractivity contribution in [2.75, 3.05) is 54.4 Å². The highest BCUT2D eigenvalue weighted by Gasteiger charge is 2.22. The van der Waals surface area contributed by atoms with Crippen molar-refractivity contribution in [2.24, 2.45) is 0 Å². The van der Waals surface area contributed by atoms with Gasteiger partial charge in [-0.1, -0.05) is 30.3 Å². The Bertz CT molecular complexity index is 1260. The molecule has 3 heterocycles. The van der Waals surface area contributed by atoms with Gasteiger partial charge in [-0.15, -0.1) is 0 Å². The quantitative estimate of drug-likeness (QED) is 0.520. The van der Waals surface area contributed by atoms with Crippen LogP contribution < -0.4 is 15.8 Å². The number of piperidine rings is 1. The number of carbonyl (C=O) groups is 1. The molecule has 5 rings (SSSR count). The molecule has 0 bridgehead atoms. The third-order valence-electron chi connectivity index (χ3n) is 7.27. The minimum absolute atomic E-state index is 0.0125. The highest BCUT2D eigenvalue weighted by atomic mass is 32.2. The molecule has 1 amide bonds. The molecule has 0 unspecified atom stereocenters. The van der Waals surface area contributed by atoms with Crippen LogP contribution in [0.15, 0.2) is 53.3 Å². The Morgan fingerprint density at radius 1 is 1.00 bits per heavy atom. The maximum atomic E-state index is 13.2.